The zero-order chi connectivity index (χ0) is 26.1. The van der Waals surface area contributed by atoms with E-state index in [9.17, 15) is 27.5 Å². The number of pyridine rings is 2. The monoisotopic (exact) mass is 498 g/mol. The van der Waals surface area contributed by atoms with Crippen LogP contribution in [0.1, 0.15) is 34.5 Å². The maximum Gasteiger partial charge on any atom is 0.422 e. The van der Waals surface area contributed by atoms with E-state index in [1.165, 1.54) is 44.4 Å². The Morgan fingerprint density at radius 3 is 2.53 bits per heavy atom. The number of benzene rings is 2. The second-order valence-corrected chi connectivity index (χ2v) is 8.40. The standard InChI is InChI=1S/C27H22F4N2O3/c1-16-14-19(5-7-20(16)28)25-23(36-2)9-10-24(33-25)26(35,27(29,30)31)12-11-22(34)18-6-8-21-17(15-18)4-3-13-32-21/h3-10,13-15,35H,11-12H2,1-2H3. The number of carbonyl (C=O) groups excluding carboxylic acids is 1. The van der Waals surface area contributed by atoms with E-state index in [2.05, 4.69) is 9.97 Å². The van der Waals surface area contributed by atoms with Crippen molar-refractivity contribution in [2.75, 3.05) is 7.11 Å². The van der Waals surface area contributed by atoms with Crippen LogP contribution in [0.4, 0.5) is 17.6 Å². The van der Waals surface area contributed by atoms with E-state index >= 15 is 0 Å². The van der Waals surface area contributed by atoms with Crippen molar-refractivity contribution in [3.63, 3.8) is 0 Å². The summed E-state index contributed by atoms with van der Waals surface area (Å²) in [5, 5.41) is 11.5. The van der Waals surface area contributed by atoms with Gasteiger partial charge in [-0.15, -0.1) is 0 Å². The Bertz CT molecular complexity index is 1440. The van der Waals surface area contributed by atoms with Gasteiger partial charge < -0.3 is 9.84 Å². The van der Waals surface area contributed by atoms with Gasteiger partial charge in [0, 0.05) is 29.1 Å². The van der Waals surface area contributed by atoms with Crippen molar-refractivity contribution in [3.8, 4) is 17.0 Å². The highest BCUT2D eigenvalue weighted by Gasteiger charge is 2.56. The van der Waals surface area contributed by atoms with E-state index in [1.807, 2.05) is 0 Å². The highest BCUT2D eigenvalue weighted by molar-refractivity contribution is 5.99. The van der Waals surface area contributed by atoms with Crippen LogP contribution in [-0.4, -0.2) is 34.1 Å². The van der Waals surface area contributed by atoms with Gasteiger partial charge in [0.2, 0.25) is 5.60 Å². The number of nitrogens with zero attached hydrogens (tertiary/aromatic N) is 2. The smallest absolute Gasteiger partial charge is 0.422 e. The predicted octanol–water partition coefficient (Wildman–Crippen LogP) is 6.17. The lowest BCUT2D eigenvalue weighted by Gasteiger charge is -2.30. The summed E-state index contributed by atoms with van der Waals surface area (Å²) >= 11 is 0. The van der Waals surface area contributed by atoms with Crippen molar-refractivity contribution in [2.24, 2.45) is 0 Å². The number of aromatic nitrogens is 2. The molecule has 0 bridgehead atoms. The van der Waals surface area contributed by atoms with Gasteiger partial charge in [-0.05, 0) is 73.5 Å². The molecule has 5 nitrogen and oxygen atoms in total. The fourth-order valence-electron chi connectivity index (χ4n) is 3.94. The molecule has 1 N–H and O–H groups in total. The molecule has 9 heteroatoms. The van der Waals surface area contributed by atoms with Crippen molar-refractivity contribution >= 4 is 16.7 Å². The number of carbonyl (C=O) groups is 1. The predicted molar refractivity (Wildman–Crippen MR) is 126 cm³/mol. The molecule has 36 heavy (non-hydrogen) atoms. The summed E-state index contributed by atoms with van der Waals surface area (Å²) in [6.07, 6.45) is -5.06. The molecular weight excluding hydrogens is 476 g/mol. The normalized spacial score (nSPS) is 13.4. The Morgan fingerprint density at radius 1 is 1.06 bits per heavy atom. The van der Waals surface area contributed by atoms with Crippen LogP contribution in [0.15, 0.2) is 66.9 Å². The number of ketones is 1. The number of alkyl halides is 3. The van der Waals surface area contributed by atoms with Gasteiger partial charge >= 0.3 is 6.18 Å². The number of aryl methyl sites for hydroxylation is 1. The van der Waals surface area contributed by atoms with Crippen LogP contribution in [0.2, 0.25) is 0 Å². The molecule has 2 heterocycles. The molecule has 2 aromatic carbocycles. The van der Waals surface area contributed by atoms with Gasteiger partial charge in [0.1, 0.15) is 17.3 Å². The van der Waals surface area contributed by atoms with Crippen LogP contribution in [-0.2, 0) is 5.60 Å². The Morgan fingerprint density at radius 2 is 1.83 bits per heavy atom. The first-order valence-corrected chi connectivity index (χ1v) is 11.0. The van der Waals surface area contributed by atoms with Gasteiger partial charge in [-0.3, -0.25) is 9.78 Å². The lowest BCUT2D eigenvalue weighted by atomic mass is 9.89. The second kappa shape index (κ2) is 9.66. The third kappa shape index (κ3) is 4.79. The molecule has 0 spiro atoms. The van der Waals surface area contributed by atoms with E-state index in [-0.39, 0.29) is 22.6 Å². The van der Waals surface area contributed by atoms with Crippen LogP contribution in [0.25, 0.3) is 22.2 Å². The maximum atomic E-state index is 14.2. The molecule has 0 aliphatic heterocycles. The van der Waals surface area contributed by atoms with Gasteiger partial charge in [0.25, 0.3) is 0 Å². The van der Waals surface area contributed by atoms with Gasteiger partial charge in [-0.25, -0.2) is 9.37 Å². The van der Waals surface area contributed by atoms with Gasteiger partial charge in [0.05, 0.1) is 18.3 Å². The highest BCUT2D eigenvalue weighted by atomic mass is 19.4. The third-order valence-electron chi connectivity index (χ3n) is 6.04. The summed E-state index contributed by atoms with van der Waals surface area (Å²) in [6.45, 7) is 1.51. The van der Waals surface area contributed by atoms with Crippen LogP contribution < -0.4 is 4.74 Å². The molecule has 186 valence electrons. The maximum absolute atomic E-state index is 14.2. The quantitative estimate of drug-likeness (QED) is 0.244. The molecule has 4 rings (SSSR count). The molecule has 0 saturated heterocycles. The molecule has 4 aromatic rings. The number of methoxy groups -OCH3 is 1. The molecule has 0 amide bonds. The van der Waals surface area contributed by atoms with Crippen LogP contribution >= 0.6 is 0 Å². The second-order valence-electron chi connectivity index (χ2n) is 8.40. The molecule has 1 atom stereocenters. The Kier molecular flexibility index (Phi) is 6.77. The molecular formula is C27H22F4N2O3. The first-order chi connectivity index (χ1) is 17.0. The van der Waals surface area contributed by atoms with E-state index < -0.39 is 41.9 Å². The lowest BCUT2D eigenvalue weighted by molar-refractivity contribution is -0.270. The topological polar surface area (TPSA) is 72.3 Å². The summed E-state index contributed by atoms with van der Waals surface area (Å²) < 4.78 is 61.6. The number of halogens is 4. The number of hydrogen-bond acceptors (Lipinski definition) is 5. The van der Waals surface area contributed by atoms with E-state index in [0.29, 0.717) is 16.5 Å². The minimum atomic E-state index is -5.13. The highest BCUT2D eigenvalue weighted by Crippen LogP contribution is 2.43. The van der Waals surface area contributed by atoms with E-state index in [0.717, 1.165) is 6.07 Å². The summed E-state index contributed by atoms with van der Waals surface area (Å²) in [4.78, 5) is 21.0. The molecule has 2 aromatic heterocycles. The lowest BCUT2D eigenvalue weighted by Crippen LogP contribution is -2.43. The van der Waals surface area contributed by atoms with Crippen molar-refractivity contribution in [1.82, 2.24) is 9.97 Å². The van der Waals surface area contributed by atoms with Crippen LogP contribution in [0, 0.1) is 12.7 Å². The van der Waals surface area contributed by atoms with Crippen molar-refractivity contribution in [2.45, 2.75) is 31.5 Å². The minimum absolute atomic E-state index is 0.00845. The average Bonchev–Trinajstić information content (AvgIpc) is 2.87. The number of hydrogen-bond donors (Lipinski definition) is 1. The Hall–Kier alpha value is -3.85. The fraction of sp³-hybridized carbons (Fsp3) is 0.222. The van der Waals surface area contributed by atoms with E-state index in [1.54, 1.807) is 30.5 Å². The summed E-state index contributed by atoms with van der Waals surface area (Å²) in [6, 6.07) is 14.3. The van der Waals surface area contributed by atoms with Crippen LogP contribution in [0.5, 0.6) is 5.75 Å². The SMILES string of the molecule is COc1ccc(C(O)(CCC(=O)c2ccc3ncccc3c2)C(F)(F)F)nc1-c1ccc(F)c(C)c1. The van der Waals surface area contributed by atoms with Crippen molar-refractivity contribution in [1.29, 1.82) is 0 Å². The molecule has 0 saturated carbocycles. The van der Waals surface area contributed by atoms with Gasteiger partial charge in [-0.1, -0.05) is 6.07 Å². The number of ether oxygens (including phenoxy) is 1. The molecule has 0 fully saturated rings. The van der Waals surface area contributed by atoms with Crippen LogP contribution in [0.3, 0.4) is 0 Å². The zero-order valence-electron chi connectivity index (χ0n) is 19.4. The minimum Gasteiger partial charge on any atom is -0.494 e. The molecule has 0 aliphatic rings. The number of aliphatic hydroxyl groups is 1. The van der Waals surface area contributed by atoms with Crippen molar-refractivity contribution < 1.29 is 32.2 Å². The Balaban J connectivity index is 1.68. The van der Waals surface area contributed by atoms with Crippen molar-refractivity contribution in [3.05, 3.63) is 89.5 Å². The number of fused-ring (bicyclic) bond motifs is 1. The average molecular weight is 498 g/mol. The van der Waals surface area contributed by atoms with Gasteiger partial charge in [0.15, 0.2) is 5.78 Å². The number of rotatable bonds is 7. The van der Waals surface area contributed by atoms with E-state index in [4.69, 9.17) is 4.74 Å². The number of Topliss-reactive ketones (excluding diaryl/α,β-unsaturated/α-hetero) is 1. The summed E-state index contributed by atoms with van der Waals surface area (Å²) in [5.41, 5.74) is -2.64. The molecule has 0 aliphatic carbocycles. The fourth-order valence-corrected chi connectivity index (χ4v) is 3.94. The first kappa shape index (κ1) is 25.2. The third-order valence-corrected chi connectivity index (χ3v) is 6.04. The Labute approximate surface area is 204 Å². The first-order valence-electron chi connectivity index (χ1n) is 11.0. The zero-order valence-corrected chi connectivity index (χ0v) is 19.4. The molecule has 1 unspecified atom stereocenters. The summed E-state index contributed by atoms with van der Waals surface area (Å²) in [7, 11) is 1.32. The molecule has 0 radical (unpaired) electrons. The summed E-state index contributed by atoms with van der Waals surface area (Å²) in [5.74, 6) is -0.898. The largest absolute Gasteiger partial charge is 0.494 e. The van der Waals surface area contributed by atoms with Gasteiger partial charge in [-0.2, -0.15) is 13.2 Å².